The van der Waals surface area contributed by atoms with Crippen LogP contribution in [0.4, 0.5) is 0 Å². The molecule has 3 aromatic rings. The third-order valence-electron chi connectivity index (χ3n) is 5.53. The van der Waals surface area contributed by atoms with Gasteiger partial charge >= 0.3 is 0 Å². The second kappa shape index (κ2) is 10.2. The van der Waals surface area contributed by atoms with Crippen molar-refractivity contribution in [2.75, 3.05) is 13.1 Å². The summed E-state index contributed by atoms with van der Waals surface area (Å²) in [6, 6.07) is 12.7. The maximum absolute atomic E-state index is 5.32. The molecule has 1 unspecified atom stereocenters. The highest BCUT2D eigenvalue weighted by atomic mass is 16.5. The zero-order valence-electron chi connectivity index (χ0n) is 18.3. The first-order chi connectivity index (χ1) is 15.2. The Hall–Kier alpha value is -3.22. The van der Waals surface area contributed by atoms with E-state index in [4.69, 9.17) is 9.52 Å². The lowest BCUT2D eigenvalue weighted by Gasteiger charge is -2.21. The van der Waals surface area contributed by atoms with Crippen LogP contribution in [0.25, 0.3) is 11.6 Å². The molecule has 0 spiro atoms. The summed E-state index contributed by atoms with van der Waals surface area (Å²) in [5.74, 6) is 1.86. The number of pyridine rings is 1. The fraction of sp³-hybridized carbons (Fsp3) is 0.417. The van der Waals surface area contributed by atoms with Gasteiger partial charge in [0.05, 0.1) is 6.04 Å². The summed E-state index contributed by atoms with van der Waals surface area (Å²) in [6.45, 7) is 5.61. The number of benzene rings is 1. The van der Waals surface area contributed by atoms with Crippen molar-refractivity contribution in [2.45, 2.75) is 52.0 Å². The summed E-state index contributed by atoms with van der Waals surface area (Å²) in [5, 5.41) is 10.9. The normalized spacial score (nSPS) is 14.7. The van der Waals surface area contributed by atoms with Crippen molar-refractivity contribution >= 4 is 5.96 Å². The third kappa shape index (κ3) is 5.48. The van der Waals surface area contributed by atoms with Crippen molar-refractivity contribution < 1.29 is 4.52 Å². The van der Waals surface area contributed by atoms with E-state index in [-0.39, 0.29) is 6.04 Å². The molecule has 162 valence electrons. The van der Waals surface area contributed by atoms with Crippen LogP contribution in [0.1, 0.15) is 55.2 Å². The van der Waals surface area contributed by atoms with E-state index >= 15 is 0 Å². The lowest BCUT2D eigenvalue weighted by Crippen LogP contribution is -2.39. The van der Waals surface area contributed by atoms with Gasteiger partial charge < -0.3 is 15.2 Å². The Labute approximate surface area is 183 Å². The lowest BCUT2D eigenvalue weighted by atomic mass is 9.89. The molecule has 0 fully saturated rings. The second-order valence-electron chi connectivity index (χ2n) is 7.84. The molecule has 0 bridgehead atoms. The molecule has 0 saturated carbocycles. The van der Waals surface area contributed by atoms with Gasteiger partial charge in [-0.25, -0.2) is 0 Å². The van der Waals surface area contributed by atoms with Gasteiger partial charge in [0.15, 0.2) is 11.8 Å². The van der Waals surface area contributed by atoms with Crippen LogP contribution >= 0.6 is 0 Å². The van der Waals surface area contributed by atoms with Crippen LogP contribution in [-0.4, -0.2) is 34.2 Å². The van der Waals surface area contributed by atoms with E-state index in [9.17, 15) is 0 Å². The van der Waals surface area contributed by atoms with Crippen molar-refractivity contribution in [3.8, 4) is 11.6 Å². The maximum atomic E-state index is 5.32. The number of rotatable bonds is 7. The quantitative estimate of drug-likeness (QED) is 0.447. The Morgan fingerprint density at radius 2 is 2.03 bits per heavy atom. The minimum absolute atomic E-state index is 0.172. The monoisotopic (exact) mass is 418 g/mol. The lowest BCUT2D eigenvalue weighted by molar-refractivity contribution is 0.421. The van der Waals surface area contributed by atoms with Gasteiger partial charge in [-0.3, -0.25) is 9.98 Å². The number of nitrogens with zero attached hydrogens (tertiary/aromatic N) is 4. The van der Waals surface area contributed by atoms with Crippen molar-refractivity contribution in [3.63, 3.8) is 0 Å². The molecule has 1 aliphatic rings. The number of aromatic nitrogens is 3. The predicted octanol–water partition coefficient (Wildman–Crippen LogP) is 3.87. The summed E-state index contributed by atoms with van der Waals surface area (Å²) in [4.78, 5) is 13.4. The topological polar surface area (TPSA) is 88.2 Å². The van der Waals surface area contributed by atoms with Gasteiger partial charge in [0.2, 0.25) is 0 Å². The first-order valence-electron chi connectivity index (χ1n) is 11.1. The Bertz CT molecular complexity index is 1010. The average Bonchev–Trinajstić information content (AvgIpc) is 3.28. The first kappa shape index (κ1) is 21.0. The van der Waals surface area contributed by atoms with Crippen molar-refractivity contribution in [3.05, 3.63) is 65.1 Å². The Kier molecular flexibility index (Phi) is 6.92. The van der Waals surface area contributed by atoms with E-state index in [1.807, 2.05) is 18.2 Å². The number of aliphatic imine (C=N–C) groups is 1. The van der Waals surface area contributed by atoms with E-state index in [0.717, 1.165) is 12.5 Å². The van der Waals surface area contributed by atoms with Crippen LogP contribution in [-0.2, 0) is 19.3 Å². The highest BCUT2D eigenvalue weighted by molar-refractivity contribution is 5.80. The summed E-state index contributed by atoms with van der Waals surface area (Å²) in [7, 11) is 0. The van der Waals surface area contributed by atoms with Gasteiger partial charge in [-0.1, -0.05) is 29.4 Å². The van der Waals surface area contributed by atoms with Gasteiger partial charge in [-0.05, 0) is 68.4 Å². The van der Waals surface area contributed by atoms with Crippen LogP contribution in [0.5, 0.6) is 0 Å². The molecule has 2 aromatic heterocycles. The summed E-state index contributed by atoms with van der Waals surface area (Å²) in [5.41, 5.74) is 4.98. The Morgan fingerprint density at radius 3 is 2.84 bits per heavy atom. The van der Waals surface area contributed by atoms with Gasteiger partial charge in [0.1, 0.15) is 5.69 Å². The number of nitrogens with one attached hydrogen (secondary N) is 2. The molecule has 1 atom stereocenters. The largest absolute Gasteiger partial charge is 0.357 e. The molecule has 7 heteroatoms. The first-order valence-corrected chi connectivity index (χ1v) is 11.1. The SMILES string of the molecule is CCNC(=NCCc1noc(-c2ccccn2)n1)NC(C)c1ccc2c(c1)CCCC2. The van der Waals surface area contributed by atoms with Crippen LogP contribution in [0.15, 0.2) is 52.1 Å². The molecule has 0 saturated heterocycles. The molecule has 1 aromatic carbocycles. The standard InChI is InChI=1S/C24H30N6O/c1-3-25-24(28-17(2)19-12-11-18-8-4-5-9-20(18)16-19)27-15-13-22-29-23(31-30-22)21-10-6-7-14-26-21/h6-7,10-12,14,16-17H,3-5,8-9,13,15H2,1-2H3,(H2,25,27,28). The van der Waals surface area contributed by atoms with Crippen LogP contribution in [0.3, 0.4) is 0 Å². The minimum Gasteiger partial charge on any atom is -0.357 e. The Balaban J connectivity index is 1.36. The molecule has 4 rings (SSSR count). The van der Waals surface area contributed by atoms with Crippen molar-refractivity contribution in [2.24, 2.45) is 4.99 Å². The summed E-state index contributed by atoms with van der Waals surface area (Å²) in [6.07, 6.45) is 7.30. The molecule has 7 nitrogen and oxygen atoms in total. The molecular formula is C24H30N6O. The third-order valence-corrected chi connectivity index (χ3v) is 5.53. The van der Waals surface area contributed by atoms with E-state index in [2.05, 4.69) is 57.8 Å². The van der Waals surface area contributed by atoms with E-state index in [0.29, 0.717) is 30.4 Å². The maximum Gasteiger partial charge on any atom is 0.276 e. The number of hydrogen-bond acceptors (Lipinski definition) is 5. The molecule has 0 radical (unpaired) electrons. The molecule has 2 N–H and O–H groups in total. The second-order valence-corrected chi connectivity index (χ2v) is 7.84. The van der Waals surface area contributed by atoms with Gasteiger partial charge in [-0.2, -0.15) is 4.98 Å². The highest BCUT2D eigenvalue weighted by Crippen LogP contribution is 2.24. The van der Waals surface area contributed by atoms with Crippen LogP contribution < -0.4 is 10.6 Å². The minimum atomic E-state index is 0.172. The molecule has 0 aliphatic heterocycles. The van der Waals surface area contributed by atoms with E-state index in [1.54, 1.807) is 6.20 Å². The number of aryl methyl sites for hydroxylation is 2. The summed E-state index contributed by atoms with van der Waals surface area (Å²) < 4.78 is 5.32. The van der Waals surface area contributed by atoms with Crippen LogP contribution in [0, 0.1) is 0 Å². The molecule has 31 heavy (non-hydrogen) atoms. The molecular weight excluding hydrogens is 388 g/mol. The van der Waals surface area contributed by atoms with Crippen molar-refractivity contribution in [1.29, 1.82) is 0 Å². The van der Waals surface area contributed by atoms with Crippen LogP contribution in [0.2, 0.25) is 0 Å². The van der Waals surface area contributed by atoms with Gasteiger partial charge in [0, 0.05) is 25.7 Å². The van der Waals surface area contributed by atoms with Crippen molar-refractivity contribution in [1.82, 2.24) is 25.8 Å². The zero-order chi connectivity index (χ0) is 21.5. The Morgan fingerprint density at radius 1 is 1.16 bits per heavy atom. The average molecular weight is 419 g/mol. The smallest absolute Gasteiger partial charge is 0.276 e. The van der Waals surface area contributed by atoms with E-state index < -0.39 is 0 Å². The fourth-order valence-electron chi connectivity index (χ4n) is 3.85. The number of hydrogen-bond donors (Lipinski definition) is 2. The predicted molar refractivity (Wildman–Crippen MR) is 122 cm³/mol. The molecule has 1 aliphatic carbocycles. The fourth-order valence-corrected chi connectivity index (χ4v) is 3.85. The van der Waals surface area contributed by atoms with Gasteiger partial charge in [-0.15, -0.1) is 0 Å². The van der Waals surface area contributed by atoms with Gasteiger partial charge in [0.25, 0.3) is 5.89 Å². The number of guanidine groups is 1. The zero-order valence-corrected chi connectivity index (χ0v) is 18.3. The summed E-state index contributed by atoms with van der Waals surface area (Å²) >= 11 is 0. The number of fused-ring (bicyclic) bond motifs is 1. The molecule has 2 heterocycles. The molecule has 0 amide bonds. The van der Waals surface area contributed by atoms with E-state index in [1.165, 1.54) is 42.4 Å². The highest BCUT2D eigenvalue weighted by Gasteiger charge is 2.14.